The summed E-state index contributed by atoms with van der Waals surface area (Å²) in [6.07, 6.45) is 0.615. The Kier molecular flexibility index (Phi) is 5.68. The number of aromatic nitrogens is 2. The van der Waals surface area contributed by atoms with Crippen LogP contribution in [0, 0.1) is 0 Å². The molecule has 0 spiro atoms. The highest BCUT2D eigenvalue weighted by Crippen LogP contribution is 2.32. The molecule has 0 bridgehead atoms. The topological polar surface area (TPSA) is 76.3 Å². The SMILES string of the molecule is CCn1c(C(C)NS(=O)(=O)C2=CCC(=NC)C=C2)nc2ccc(C(F)(F)F)cc21. The maximum atomic E-state index is 13.1. The summed E-state index contributed by atoms with van der Waals surface area (Å²) in [6.45, 7) is 3.73. The fraction of sp³-hybridized carbons (Fsp3) is 0.368. The number of fused-ring (bicyclic) bond motifs is 1. The van der Waals surface area contributed by atoms with Crippen LogP contribution in [0.15, 0.2) is 46.3 Å². The molecular weight excluding hydrogens is 405 g/mol. The van der Waals surface area contributed by atoms with Crippen molar-refractivity contribution in [3.8, 4) is 0 Å². The van der Waals surface area contributed by atoms with E-state index < -0.39 is 27.8 Å². The van der Waals surface area contributed by atoms with Crippen molar-refractivity contribution in [2.24, 2.45) is 4.99 Å². The molecule has 2 aromatic rings. The van der Waals surface area contributed by atoms with Crippen LogP contribution < -0.4 is 4.72 Å². The van der Waals surface area contributed by atoms with Gasteiger partial charge in [-0.05, 0) is 44.2 Å². The Bertz CT molecular complexity index is 1130. The second kappa shape index (κ2) is 7.75. The van der Waals surface area contributed by atoms with E-state index in [0.29, 0.717) is 29.8 Å². The first-order chi connectivity index (χ1) is 13.6. The Labute approximate surface area is 166 Å². The zero-order valence-corrected chi connectivity index (χ0v) is 17.0. The van der Waals surface area contributed by atoms with Crippen molar-refractivity contribution in [3.63, 3.8) is 0 Å². The lowest BCUT2D eigenvalue weighted by atomic mass is 10.1. The van der Waals surface area contributed by atoms with Crippen molar-refractivity contribution >= 4 is 26.8 Å². The maximum absolute atomic E-state index is 13.1. The maximum Gasteiger partial charge on any atom is 0.416 e. The predicted molar refractivity (Wildman–Crippen MR) is 106 cm³/mol. The molecule has 0 aliphatic heterocycles. The van der Waals surface area contributed by atoms with Crippen LogP contribution in [0.5, 0.6) is 0 Å². The number of rotatable bonds is 5. The summed E-state index contributed by atoms with van der Waals surface area (Å²) in [6, 6.07) is 2.57. The molecule has 1 heterocycles. The summed E-state index contributed by atoms with van der Waals surface area (Å²) in [7, 11) is -2.19. The molecule has 10 heteroatoms. The van der Waals surface area contributed by atoms with Crippen molar-refractivity contribution in [1.29, 1.82) is 0 Å². The van der Waals surface area contributed by atoms with Crippen molar-refractivity contribution in [1.82, 2.24) is 14.3 Å². The number of halogens is 3. The van der Waals surface area contributed by atoms with Gasteiger partial charge in [-0.1, -0.05) is 6.08 Å². The Balaban J connectivity index is 1.94. The van der Waals surface area contributed by atoms with Gasteiger partial charge in [-0.15, -0.1) is 0 Å². The number of benzene rings is 1. The normalized spacial score (nSPS) is 17.7. The van der Waals surface area contributed by atoms with Crippen LogP contribution in [-0.2, 0) is 22.7 Å². The molecule has 0 amide bonds. The zero-order valence-electron chi connectivity index (χ0n) is 16.2. The third-order valence-corrected chi connectivity index (χ3v) is 6.28. The first-order valence-corrected chi connectivity index (χ1v) is 10.5. The number of aryl methyl sites for hydroxylation is 1. The van der Waals surface area contributed by atoms with Gasteiger partial charge in [0.2, 0.25) is 10.0 Å². The number of hydrogen-bond acceptors (Lipinski definition) is 4. The lowest BCUT2D eigenvalue weighted by molar-refractivity contribution is -0.137. The Morgan fingerprint density at radius 2 is 2.03 bits per heavy atom. The number of imidazole rings is 1. The highest BCUT2D eigenvalue weighted by molar-refractivity contribution is 7.93. The van der Waals surface area contributed by atoms with Gasteiger partial charge >= 0.3 is 6.18 Å². The Hall–Kier alpha value is -2.46. The fourth-order valence-electron chi connectivity index (χ4n) is 3.22. The predicted octanol–water partition coefficient (Wildman–Crippen LogP) is 3.97. The zero-order chi connectivity index (χ0) is 21.4. The standard InChI is InChI=1S/C19H21F3N4O2S/c1-4-26-17-11-13(19(20,21)22)5-10-16(17)24-18(26)12(2)25-29(27,28)15-8-6-14(23-3)7-9-15/h5-6,8-12,25H,4,7H2,1-3H3. The number of hydrogen-bond donors (Lipinski definition) is 1. The minimum Gasteiger partial charge on any atom is -0.327 e. The number of alkyl halides is 3. The van der Waals surface area contributed by atoms with Crippen LogP contribution >= 0.6 is 0 Å². The third kappa shape index (κ3) is 4.27. The summed E-state index contributed by atoms with van der Waals surface area (Å²) in [5.74, 6) is 0.349. The van der Waals surface area contributed by atoms with Crippen molar-refractivity contribution in [2.45, 2.75) is 39.0 Å². The molecule has 0 fully saturated rings. The number of nitrogens with one attached hydrogen (secondary N) is 1. The number of aliphatic imine (C=N–C) groups is 1. The van der Waals surface area contributed by atoms with E-state index in [1.54, 1.807) is 37.6 Å². The van der Waals surface area contributed by atoms with Gasteiger partial charge in [0.25, 0.3) is 0 Å². The smallest absolute Gasteiger partial charge is 0.327 e. The largest absolute Gasteiger partial charge is 0.416 e. The van der Waals surface area contributed by atoms with Crippen LogP contribution in [0.25, 0.3) is 11.0 Å². The molecule has 0 radical (unpaired) electrons. The van der Waals surface area contributed by atoms with E-state index in [2.05, 4.69) is 14.7 Å². The van der Waals surface area contributed by atoms with Crippen LogP contribution in [0.4, 0.5) is 13.2 Å². The van der Waals surface area contributed by atoms with E-state index >= 15 is 0 Å². The van der Waals surface area contributed by atoms with E-state index in [9.17, 15) is 21.6 Å². The van der Waals surface area contributed by atoms with Crippen LogP contribution in [0.3, 0.4) is 0 Å². The summed E-state index contributed by atoms with van der Waals surface area (Å²) in [5, 5.41) is 0. The average Bonchev–Trinajstić information content (AvgIpc) is 3.05. The van der Waals surface area contributed by atoms with Crippen LogP contribution in [0.1, 0.15) is 37.7 Å². The van der Waals surface area contributed by atoms with Gasteiger partial charge in [-0.3, -0.25) is 4.99 Å². The fourth-order valence-corrected chi connectivity index (χ4v) is 4.48. The van der Waals surface area contributed by atoms with Gasteiger partial charge in [0.05, 0.1) is 27.5 Å². The molecule has 6 nitrogen and oxygen atoms in total. The van der Waals surface area contributed by atoms with Gasteiger partial charge in [0.1, 0.15) is 5.82 Å². The molecule has 1 N–H and O–H groups in total. The summed E-state index contributed by atoms with van der Waals surface area (Å²) < 4.78 is 68.7. The van der Waals surface area contributed by atoms with Crippen molar-refractivity contribution < 1.29 is 21.6 Å². The Morgan fingerprint density at radius 3 is 2.59 bits per heavy atom. The third-order valence-electron chi connectivity index (χ3n) is 4.69. The Morgan fingerprint density at radius 1 is 1.31 bits per heavy atom. The van der Waals surface area contributed by atoms with Gasteiger partial charge < -0.3 is 4.57 Å². The van der Waals surface area contributed by atoms with E-state index in [4.69, 9.17) is 0 Å². The summed E-state index contributed by atoms with van der Waals surface area (Å²) in [5.41, 5.74) is 0.681. The second-order valence-corrected chi connectivity index (χ2v) is 8.33. The van der Waals surface area contributed by atoms with E-state index in [-0.39, 0.29) is 4.91 Å². The van der Waals surface area contributed by atoms with E-state index in [1.165, 1.54) is 12.1 Å². The molecule has 0 saturated heterocycles. The highest BCUT2D eigenvalue weighted by atomic mass is 32.2. The molecule has 0 saturated carbocycles. The summed E-state index contributed by atoms with van der Waals surface area (Å²) >= 11 is 0. The first-order valence-electron chi connectivity index (χ1n) is 9.00. The molecule has 1 aliphatic rings. The van der Waals surface area contributed by atoms with Crippen LogP contribution in [-0.4, -0.2) is 30.7 Å². The molecule has 1 aromatic heterocycles. The summed E-state index contributed by atoms with van der Waals surface area (Å²) in [4.78, 5) is 8.51. The van der Waals surface area contributed by atoms with Gasteiger partial charge in [-0.2, -0.15) is 13.2 Å². The molecule has 3 rings (SSSR count). The number of sulfonamides is 1. The van der Waals surface area contributed by atoms with Gasteiger partial charge in [0, 0.05) is 25.7 Å². The van der Waals surface area contributed by atoms with Gasteiger partial charge in [-0.25, -0.2) is 18.1 Å². The second-order valence-electron chi connectivity index (χ2n) is 6.62. The average molecular weight is 426 g/mol. The molecule has 29 heavy (non-hydrogen) atoms. The minimum atomic E-state index is -4.47. The molecule has 1 aromatic carbocycles. The van der Waals surface area contributed by atoms with Crippen molar-refractivity contribution in [2.75, 3.05) is 7.05 Å². The first kappa shape index (κ1) is 21.3. The minimum absolute atomic E-state index is 0.121. The molecular formula is C19H21F3N4O2S. The molecule has 156 valence electrons. The molecule has 1 aliphatic carbocycles. The molecule has 1 atom stereocenters. The van der Waals surface area contributed by atoms with E-state index in [0.717, 1.165) is 17.8 Å². The number of allylic oxidation sites excluding steroid dienone is 3. The highest BCUT2D eigenvalue weighted by Gasteiger charge is 2.31. The monoisotopic (exact) mass is 426 g/mol. The number of nitrogens with zero attached hydrogens (tertiary/aromatic N) is 3. The quantitative estimate of drug-likeness (QED) is 0.786. The van der Waals surface area contributed by atoms with Gasteiger partial charge in [0.15, 0.2) is 0 Å². The lowest BCUT2D eigenvalue weighted by Gasteiger charge is -2.17. The lowest BCUT2D eigenvalue weighted by Crippen LogP contribution is -2.30. The molecule has 1 unspecified atom stereocenters. The van der Waals surface area contributed by atoms with Crippen molar-refractivity contribution in [3.05, 3.63) is 52.7 Å². The van der Waals surface area contributed by atoms with Crippen LogP contribution in [0.2, 0.25) is 0 Å². The van der Waals surface area contributed by atoms with E-state index in [1.807, 2.05) is 0 Å².